The number of fused-ring (bicyclic) bond motifs is 4. The number of anilines is 4. The SMILES string of the molecule is S.S.S.[C-]#[N+]C[C@H]1CN(c2nc(OC[C@@H]3CCCN3C)nc3c2CCCN(c2cccc4[nH]ncc24)C3)CCN1C(=O)C(=C)F.[C-]#[N+]C[C@H]1CN(c2ncnc3c2CCCN(c2cccc4cccc(C)c24)C3)CCN1C(=O)C=C. The average Bonchev–Trinajstić information content (AvgIpc) is 4.04. The van der Waals surface area contributed by atoms with E-state index in [9.17, 15) is 14.0 Å². The molecule has 18 nitrogen and oxygen atoms in total. The summed E-state index contributed by atoms with van der Waals surface area (Å²) in [6.07, 6.45) is 10.7. The molecule has 80 heavy (non-hydrogen) atoms. The number of piperazine rings is 2. The third-order valence-corrected chi connectivity index (χ3v) is 15.9. The van der Waals surface area contributed by atoms with Crippen molar-refractivity contribution in [3.05, 3.63) is 143 Å². The molecule has 0 aliphatic carbocycles. The first kappa shape index (κ1) is 60.5. The highest BCUT2D eigenvalue weighted by molar-refractivity contribution is 7.59. The fraction of sp³-hybridized carbons (Fsp3) is 0.431. The summed E-state index contributed by atoms with van der Waals surface area (Å²) in [7, 11) is 2.11. The van der Waals surface area contributed by atoms with Crippen LogP contribution in [0.3, 0.4) is 0 Å². The van der Waals surface area contributed by atoms with Gasteiger partial charge in [-0.05, 0) is 94.3 Å². The van der Waals surface area contributed by atoms with E-state index in [1.54, 1.807) is 11.2 Å². The Bertz CT molecular complexity index is 3270. The highest BCUT2D eigenvalue weighted by atomic mass is 32.1. The van der Waals surface area contributed by atoms with Gasteiger partial charge >= 0.3 is 6.01 Å². The van der Waals surface area contributed by atoms with E-state index in [1.807, 2.05) is 18.3 Å². The number of hydrogen-bond donors (Lipinski definition) is 1. The maximum Gasteiger partial charge on any atom is 0.318 e. The third kappa shape index (κ3) is 12.9. The molecule has 3 aromatic carbocycles. The van der Waals surface area contributed by atoms with Gasteiger partial charge in [-0.1, -0.05) is 49.6 Å². The summed E-state index contributed by atoms with van der Waals surface area (Å²) in [6, 6.07) is 19.2. The van der Waals surface area contributed by atoms with Crippen molar-refractivity contribution in [3.8, 4) is 6.01 Å². The summed E-state index contributed by atoms with van der Waals surface area (Å²) >= 11 is 0. The first-order chi connectivity index (χ1) is 37.5. The number of aromatic nitrogens is 6. The molecule has 3 aromatic heterocycles. The zero-order valence-corrected chi connectivity index (χ0v) is 48.6. The number of halogens is 1. The summed E-state index contributed by atoms with van der Waals surface area (Å²) in [5.74, 6) is -0.139. The number of ether oxygens (including phenoxy) is 1. The lowest BCUT2D eigenvalue weighted by Crippen LogP contribution is -2.56. The van der Waals surface area contributed by atoms with Crippen molar-refractivity contribution in [2.45, 2.75) is 76.7 Å². The molecular weight excluding hydrogens is 1070 g/mol. The molecular formula is C58H72FN15O3S3. The van der Waals surface area contributed by atoms with E-state index < -0.39 is 17.8 Å². The van der Waals surface area contributed by atoms with Crippen LogP contribution in [0.25, 0.3) is 31.4 Å². The van der Waals surface area contributed by atoms with Crippen LogP contribution < -0.4 is 24.3 Å². The Labute approximate surface area is 489 Å². The fourth-order valence-electron chi connectivity index (χ4n) is 11.9. The van der Waals surface area contributed by atoms with Gasteiger partial charge in [0.1, 0.15) is 36.7 Å². The van der Waals surface area contributed by atoms with Gasteiger partial charge in [0.05, 0.1) is 36.2 Å². The molecule has 422 valence electrons. The maximum absolute atomic E-state index is 13.8. The van der Waals surface area contributed by atoms with E-state index >= 15 is 0 Å². The number of amides is 2. The van der Waals surface area contributed by atoms with Crippen molar-refractivity contribution in [2.24, 2.45) is 0 Å². The van der Waals surface area contributed by atoms with Crippen molar-refractivity contribution in [1.29, 1.82) is 0 Å². The molecule has 3 atom stereocenters. The van der Waals surface area contributed by atoms with Crippen LogP contribution in [0.1, 0.15) is 53.8 Å². The molecule has 6 aromatic rings. The van der Waals surface area contributed by atoms with Crippen molar-refractivity contribution in [1.82, 2.24) is 44.8 Å². The minimum atomic E-state index is -1.00. The molecule has 0 spiro atoms. The van der Waals surface area contributed by atoms with Gasteiger partial charge in [-0.3, -0.25) is 14.7 Å². The molecule has 11 rings (SSSR count). The molecule has 3 saturated heterocycles. The van der Waals surface area contributed by atoms with E-state index in [4.69, 9.17) is 37.8 Å². The van der Waals surface area contributed by atoms with Crippen LogP contribution in [0.2, 0.25) is 0 Å². The smallest absolute Gasteiger partial charge is 0.318 e. The fourth-order valence-corrected chi connectivity index (χ4v) is 11.9. The van der Waals surface area contributed by atoms with Gasteiger partial charge in [0.2, 0.25) is 19.0 Å². The monoisotopic (exact) mass is 1140 g/mol. The molecule has 0 radical (unpaired) electrons. The first-order valence-corrected chi connectivity index (χ1v) is 26.7. The van der Waals surface area contributed by atoms with Crippen molar-refractivity contribution >= 4 is 97.0 Å². The van der Waals surface area contributed by atoms with Crippen LogP contribution in [0.4, 0.5) is 27.4 Å². The summed E-state index contributed by atoms with van der Waals surface area (Å²) in [5.41, 5.74) is 8.83. The lowest BCUT2D eigenvalue weighted by atomic mass is 10.0. The van der Waals surface area contributed by atoms with Crippen LogP contribution in [0.5, 0.6) is 6.01 Å². The average molecular weight is 1140 g/mol. The number of likely N-dealkylation sites (tertiary alicyclic amines) is 1. The van der Waals surface area contributed by atoms with Crippen molar-refractivity contribution in [2.75, 3.05) is 105 Å². The van der Waals surface area contributed by atoms with E-state index in [1.165, 1.54) is 38.6 Å². The van der Waals surface area contributed by atoms with Crippen LogP contribution >= 0.6 is 40.5 Å². The number of carbonyl (C=O) groups excluding carboxylic acids is 2. The number of benzene rings is 3. The zero-order chi connectivity index (χ0) is 53.6. The Morgan fingerprint density at radius 1 is 0.762 bits per heavy atom. The lowest BCUT2D eigenvalue weighted by Gasteiger charge is -2.40. The number of nitrogens with zero attached hydrogens (tertiary/aromatic N) is 14. The van der Waals surface area contributed by atoms with Crippen molar-refractivity contribution in [3.63, 3.8) is 0 Å². The second-order valence-corrected chi connectivity index (χ2v) is 20.6. The van der Waals surface area contributed by atoms with Crippen LogP contribution in [-0.4, -0.2) is 160 Å². The van der Waals surface area contributed by atoms with E-state index in [0.29, 0.717) is 57.9 Å². The van der Waals surface area contributed by atoms with Gasteiger partial charge in [-0.2, -0.15) is 55.6 Å². The first-order valence-electron chi connectivity index (χ1n) is 26.7. The number of aromatic amines is 1. The Morgan fingerprint density at radius 2 is 1.40 bits per heavy atom. The molecule has 1 N–H and O–H groups in total. The molecule has 3 fully saturated rings. The molecule has 0 saturated carbocycles. The lowest BCUT2D eigenvalue weighted by molar-refractivity contribution is -0.131. The standard InChI is InChI=1S/C30H36FN9O2.C28H30N6O.3H2S/c1-20(31)29(41)40-14-13-39(17-22(40)15-32-2)28-23-8-6-12-38(27-10-4-9-25-24(27)16-33-36-25)18-26(23)34-30(35-28)42-19-21-7-5-11-37(21)3;1-4-26(35)34-15-14-33(17-22(34)16-29-3)28-23-11-7-13-32(18-24(23)30-19-31-28)25-12-6-10-21-9-5-8-20(2)27(21)25;;;/h4,9-10,16,21-22H,1,5-8,11-15,17-19H2,3H3,(H,33,36);4-6,8-10,12,19,22H,1,7,11,13-18H2,2H3;3*1H2/t21-,22-;22-;;;/m00.../s1. The number of likely N-dealkylation sites (N-methyl/N-ethyl adjacent to an activating group) is 1. The number of aryl methyl sites for hydroxylation is 1. The van der Waals surface area contributed by atoms with E-state index in [2.05, 4.69) is 114 Å². The molecule has 5 aliphatic heterocycles. The van der Waals surface area contributed by atoms with Gasteiger partial charge in [0.15, 0.2) is 5.83 Å². The van der Waals surface area contributed by atoms with Gasteiger partial charge in [0.25, 0.3) is 5.91 Å². The predicted molar refractivity (Wildman–Crippen MR) is 329 cm³/mol. The minimum Gasteiger partial charge on any atom is -0.462 e. The van der Waals surface area contributed by atoms with Gasteiger partial charge in [-0.15, -0.1) is 0 Å². The number of nitrogens with one attached hydrogen (secondary N) is 1. The number of rotatable bonds is 11. The third-order valence-electron chi connectivity index (χ3n) is 15.9. The quantitative estimate of drug-likeness (QED) is 0.100. The van der Waals surface area contributed by atoms with Crippen LogP contribution in [-0.2, 0) is 35.5 Å². The largest absolute Gasteiger partial charge is 0.462 e. The van der Waals surface area contributed by atoms with Gasteiger partial charge in [-0.25, -0.2) is 27.5 Å². The van der Waals surface area contributed by atoms with Gasteiger partial charge < -0.3 is 48.7 Å². The molecule has 5 aliphatic rings. The number of carbonyl (C=O) groups is 2. The highest BCUT2D eigenvalue weighted by Crippen LogP contribution is 2.36. The van der Waals surface area contributed by atoms with Gasteiger partial charge in [0, 0.05) is 91.7 Å². The second-order valence-electron chi connectivity index (χ2n) is 20.6. The Balaban J connectivity index is 0.000000226. The van der Waals surface area contributed by atoms with Crippen LogP contribution in [0.15, 0.2) is 92.2 Å². The number of hydrogen-bond acceptors (Lipinski definition) is 13. The van der Waals surface area contributed by atoms with Crippen molar-refractivity contribution < 1.29 is 18.7 Å². The minimum absolute atomic E-state index is 0. The second kappa shape index (κ2) is 27.4. The Hall–Kier alpha value is -7.11. The molecule has 22 heteroatoms. The molecule has 8 heterocycles. The Kier molecular flexibility index (Phi) is 20.7. The normalized spacial score (nSPS) is 19.0. The molecule has 0 bridgehead atoms. The zero-order valence-electron chi connectivity index (χ0n) is 45.6. The summed E-state index contributed by atoms with van der Waals surface area (Å²) in [4.78, 5) is 65.9. The van der Waals surface area contributed by atoms with Crippen LogP contribution in [0, 0.1) is 20.1 Å². The maximum atomic E-state index is 13.8. The molecule has 0 unspecified atom stereocenters. The van der Waals surface area contributed by atoms with E-state index in [-0.39, 0.29) is 72.1 Å². The Morgan fingerprint density at radius 3 is 2.09 bits per heavy atom. The highest BCUT2D eigenvalue weighted by Gasteiger charge is 2.37. The van der Waals surface area contributed by atoms with E-state index in [0.717, 1.165) is 110 Å². The summed E-state index contributed by atoms with van der Waals surface area (Å²) < 4.78 is 20.1. The number of H-pyrrole nitrogens is 1. The summed E-state index contributed by atoms with van der Waals surface area (Å²) in [6.45, 7) is 31.8. The molecule has 2 amide bonds. The summed E-state index contributed by atoms with van der Waals surface area (Å²) in [5, 5.41) is 10.9. The topological polar surface area (TPSA) is 155 Å². The predicted octanol–water partition coefficient (Wildman–Crippen LogP) is 7.55.